The minimum absolute atomic E-state index is 0.126. The van der Waals surface area contributed by atoms with Crippen LogP contribution in [0.2, 0.25) is 0 Å². The molecule has 0 aliphatic carbocycles. The highest BCUT2D eigenvalue weighted by atomic mass is 32.2. The summed E-state index contributed by atoms with van der Waals surface area (Å²) in [4.78, 5) is 14.4. The number of carbonyl (C=O) groups excluding carboxylic acids is 1. The second kappa shape index (κ2) is 8.48. The standard InChI is InChI=1S/C17H26N2O4S/c1-3-23-15-8-10-16(11-9-15)24(21,22)18-14(2)17(20)19-12-6-4-5-7-13-19/h8-11,14,18H,3-7,12-13H2,1-2H3/t14-/m1/s1. The van der Waals surface area contributed by atoms with Crippen LogP contribution in [0.3, 0.4) is 0 Å². The van der Waals surface area contributed by atoms with E-state index in [4.69, 9.17) is 4.74 Å². The Bertz CT molecular complexity index is 635. The molecule has 1 heterocycles. The normalized spacial score (nSPS) is 17.2. The van der Waals surface area contributed by atoms with Gasteiger partial charge in [-0.05, 0) is 51.0 Å². The molecule has 134 valence electrons. The van der Waals surface area contributed by atoms with Crippen molar-refractivity contribution in [3.63, 3.8) is 0 Å². The lowest BCUT2D eigenvalue weighted by Gasteiger charge is -2.24. The molecular formula is C17H26N2O4S. The lowest BCUT2D eigenvalue weighted by Crippen LogP contribution is -2.47. The highest BCUT2D eigenvalue weighted by Crippen LogP contribution is 2.17. The summed E-state index contributed by atoms with van der Waals surface area (Å²) in [7, 11) is -3.74. The summed E-state index contributed by atoms with van der Waals surface area (Å²) >= 11 is 0. The van der Waals surface area contributed by atoms with Gasteiger partial charge in [0.1, 0.15) is 5.75 Å². The fourth-order valence-corrected chi connectivity index (χ4v) is 3.99. The number of benzene rings is 1. The van der Waals surface area contributed by atoms with Gasteiger partial charge < -0.3 is 9.64 Å². The van der Waals surface area contributed by atoms with Crippen LogP contribution in [0.5, 0.6) is 5.75 Å². The number of ether oxygens (including phenoxy) is 1. The topological polar surface area (TPSA) is 75.7 Å². The zero-order chi connectivity index (χ0) is 17.6. The first-order chi connectivity index (χ1) is 11.4. The van der Waals surface area contributed by atoms with Gasteiger partial charge in [-0.2, -0.15) is 4.72 Å². The summed E-state index contributed by atoms with van der Waals surface area (Å²) in [5.41, 5.74) is 0. The third-order valence-corrected chi connectivity index (χ3v) is 5.62. The van der Waals surface area contributed by atoms with Gasteiger partial charge >= 0.3 is 0 Å². The molecule has 0 aromatic heterocycles. The summed E-state index contributed by atoms with van der Waals surface area (Å²) in [5, 5.41) is 0. The lowest BCUT2D eigenvalue weighted by atomic mass is 10.2. The van der Waals surface area contributed by atoms with E-state index in [0.717, 1.165) is 25.7 Å². The van der Waals surface area contributed by atoms with Crippen LogP contribution in [0.1, 0.15) is 39.5 Å². The van der Waals surface area contributed by atoms with E-state index in [1.54, 1.807) is 24.0 Å². The average molecular weight is 354 g/mol. The Labute approximate surface area is 144 Å². The molecule has 1 amide bonds. The molecule has 7 heteroatoms. The first kappa shape index (κ1) is 18.7. The van der Waals surface area contributed by atoms with Crippen LogP contribution in [0.4, 0.5) is 0 Å². The van der Waals surface area contributed by atoms with Gasteiger partial charge in [-0.3, -0.25) is 4.79 Å². The Morgan fingerprint density at radius 3 is 2.29 bits per heavy atom. The molecular weight excluding hydrogens is 328 g/mol. The first-order valence-electron chi connectivity index (χ1n) is 8.48. The molecule has 1 atom stereocenters. The van der Waals surface area contributed by atoms with Crippen LogP contribution in [-0.4, -0.2) is 45.0 Å². The van der Waals surface area contributed by atoms with Gasteiger partial charge in [0, 0.05) is 13.1 Å². The number of amides is 1. The monoisotopic (exact) mass is 354 g/mol. The molecule has 1 aromatic rings. The molecule has 2 rings (SSSR count). The molecule has 6 nitrogen and oxygen atoms in total. The molecule has 0 bridgehead atoms. The second-order valence-electron chi connectivity index (χ2n) is 5.99. The summed E-state index contributed by atoms with van der Waals surface area (Å²) in [5.74, 6) is 0.455. The van der Waals surface area contributed by atoms with Crippen LogP contribution in [-0.2, 0) is 14.8 Å². The molecule has 1 aliphatic rings. The Morgan fingerprint density at radius 2 is 1.75 bits per heavy atom. The highest BCUT2D eigenvalue weighted by Gasteiger charge is 2.26. The van der Waals surface area contributed by atoms with E-state index in [-0.39, 0.29) is 10.8 Å². The molecule has 1 aliphatic heterocycles. The van der Waals surface area contributed by atoms with Crippen LogP contribution in [0.15, 0.2) is 29.2 Å². The van der Waals surface area contributed by atoms with Crippen molar-refractivity contribution in [1.82, 2.24) is 9.62 Å². The van der Waals surface area contributed by atoms with Crippen molar-refractivity contribution in [2.45, 2.75) is 50.5 Å². The lowest BCUT2D eigenvalue weighted by molar-refractivity contribution is -0.132. The predicted molar refractivity (Wildman–Crippen MR) is 92.4 cm³/mol. The number of sulfonamides is 1. The Morgan fingerprint density at radius 1 is 1.17 bits per heavy atom. The molecule has 0 spiro atoms. The number of hydrogen-bond donors (Lipinski definition) is 1. The van der Waals surface area contributed by atoms with Gasteiger partial charge in [-0.1, -0.05) is 12.8 Å². The Hall–Kier alpha value is -1.60. The molecule has 0 unspecified atom stereocenters. The minimum Gasteiger partial charge on any atom is -0.494 e. The molecule has 1 N–H and O–H groups in total. The SMILES string of the molecule is CCOc1ccc(S(=O)(=O)N[C@H](C)C(=O)N2CCCCCC2)cc1. The molecule has 1 fully saturated rings. The first-order valence-corrected chi connectivity index (χ1v) is 9.96. The third-order valence-electron chi connectivity index (χ3n) is 4.07. The van der Waals surface area contributed by atoms with Crippen molar-refractivity contribution in [2.75, 3.05) is 19.7 Å². The van der Waals surface area contributed by atoms with E-state index in [2.05, 4.69) is 4.72 Å². The maximum Gasteiger partial charge on any atom is 0.241 e. The van der Waals surface area contributed by atoms with Gasteiger partial charge in [-0.25, -0.2) is 8.42 Å². The second-order valence-corrected chi connectivity index (χ2v) is 7.70. The van der Waals surface area contributed by atoms with E-state index in [1.165, 1.54) is 12.1 Å². The van der Waals surface area contributed by atoms with Crippen molar-refractivity contribution in [3.05, 3.63) is 24.3 Å². The van der Waals surface area contributed by atoms with Gasteiger partial charge in [0.05, 0.1) is 17.5 Å². The molecule has 24 heavy (non-hydrogen) atoms. The molecule has 1 aromatic carbocycles. The number of likely N-dealkylation sites (tertiary alicyclic amines) is 1. The van der Waals surface area contributed by atoms with E-state index in [9.17, 15) is 13.2 Å². The Kier molecular flexibility index (Phi) is 6.62. The van der Waals surface area contributed by atoms with E-state index in [0.29, 0.717) is 25.4 Å². The van der Waals surface area contributed by atoms with Crippen molar-refractivity contribution < 1.29 is 17.9 Å². The van der Waals surface area contributed by atoms with Crippen LogP contribution in [0.25, 0.3) is 0 Å². The van der Waals surface area contributed by atoms with Crippen molar-refractivity contribution in [3.8, 4) is 5.75 Å². The maximum absolute atomic E-state index is 12.5. The summed E-state index contributed by atoms with van der Waals surface area (Å²) in [6.07, 6.45) is 4.19. The van der Waals surface area contributed by atoms with Crippen molar-refractivity contribution >= 4 is 15.9 Å². The zero-order valence-electron chi connectivity index (χ0n) is 14.3. The van der Waals surface area contributed by atoms with Gasteiger partial charge in [0.15, 0.2) is 0 Å². The molecule has 1 saturated heterocycles. The smallest absolute Gasteiger partial charge is 0.241 e. The average Bonchev–Trinajstić information content (AvgIpc) is 2.84. The molecule has 0 saturated carbocycles. The van der Waals surface area contributed by atoms with E-state index < -0.39 is 16.1 Å². The fraction of sp³-hybridized carbons (Fsp3) is 0.588. The van der Waals surface area contributed by atoms with E-state index in [1.807, 2.05) is 6.92 Å². The van der Waals surface area contributed by atoms with Crippen LogP contribution < -0.4 is 9.46 Å². The van der Waals surface area contributed by atoms with Crippen molar-refractivity contribution in [2.24, 2.45) is 0 Å². The van der Waals surface area contributed by atoms with Gasteiger partial charge in [-0.15, -0.1) is 0 Å². The highest BCUT2D eigenvalue weighted by molar-refractivity contribution is 7.89. The van der Waals surface area contributed by atoms with Crippen molar-refractivity contribution in [1.29, 1.82) is 0 Å². The summed E-state index contributed by atoms with van der Waals surface area (Å²) in [6, 6.07) is 5.41. The van der Waals surface area contributed by atoms with Crippen LogP contribution >= 0.6 is 0 Å². The number of hydrogen-bond acceptors (Lipinski definition) is 4. The van der Waals surface area contributed by atoms with Gasteiger partial charge in [0.2, 0.25) is 15.9 Å². The number of nitrogens with zero attached hydrogens (tertiary/aromatic N) is 1. The number of nitrogens with one attached hydrogen (secondary N) is 1. The molecule has 0 radical (unpaired) electrons. The summed E-state index contributed by atoms with van der Waals surface area (Å²) < 4.78 is 32.7. The number of carbonyl (C=O) groups is 1. The Balaban J connectivity index is 2.02. The largest absolute Gasteiger partial charge is 0.494 e. The quantitative estimate of drug-likeness (QED) is 0.849. The van der Waals surface area contributed by atoms with Crippen LogP contribution in [0, 0.1) is 0 Å². The van der Waals surface area contributed by atoms with Gasteiger partial charge in [0.25, 0.3) is 0 Å². The predicted octanol–water partition coefficient (Wildman–Crippen LogP) is 2.15. The fourth-order valence-electron chi connectivity index (χ4n) is 2.80. The van der Waals surface area contributed by atoms with E-state index >= 15 is 0 Å². The maximum atomic E-state index is 12.5. The number of rotatable bonds is 6. The zero-order valence-corrected chi connectivity index (χ0v) is 15.1. The summed E-state index contributed by atoms with van der Waals surface area (Å²) in [6.45, 7) is 5.38. The minimum atomic E-state index is -3.74. The third kappa shape index (κ3) is 4.95.